The Bertz CT molecular complexity index is 610. The van der Waals surface area contributed by atoms with Gasteiger partial charge in [-0.25, -0.2) is 4.39 Å². The Balaban J connectivity index is 1.73. The Labute approximate surface area is 119 Å². The van der Waals surface area contributed by atoms with Gasteiger partial charge in [0.05, 0.1) is 0 Å². The number of hydrogen-bond acceptors (Lipinski definition) is 2. The topological polar surface area (TPSA) is 29.3 Å². The van der Waals surface area contributed by atoms with Gasteiger partial charge in [-0.05, 0) is 29.2 Å². The van der Waals surface area contributed by atoms with Crippen molar-refractivity contribution < 1.29 is 4.39 Å². The van der Waals surface area contributed by atoms with Gasteiger partial charge in [-0.2, -0.15) is 0 Å². The molecule has 0 saturated carbocycles. The second-order valence-electron chi connectivity index (χ2n) is 5.36. The first kappa shape index (κ1) is 13.3. The lowest BCUT2D eigenvalue weighted by atomic mass is 9.99. The number of hydrogen-bond donors (Lipinski definition) is 1. The molecular weight excluding hydrogens is 251 g/mol. The maximum absolute atomic E-state index is 13.5. The lowest BCUT2D eigenvalue weighted by molar-refractivity contribution is 0.245. The highest BCUT2D eigenvalue weighted by Gasteiger charge is 2.16. The second kappa shape index (κ2) is 5.73. The van der Waals surface area contributed by atoms with Crippen LogP contribution >= 0.6 is 0 Å². The van der Waals surface area contributed by atoms with Gasteiger partial charge < -0.3 is 5.73 Å². The van der Waals surface area contributed by atoms with E-state index in [2.05, 4.69) is 29.2 Å². The lowest BCUT2D eigenvalue weighted by Gasteiger charge is -2.28. The molecule has 0 aliphatic carbocycles. The van der Waals surface area contributed by atoms with Crippen molar-refractivity contribution in [3.05, 3.63) is 70.5 Å². The fraction of sp³-hybridized carbons (Fsp3) is 0.294. The molecule has 2 N–H and O–H groups in total. The van der Waals surface area contributed by atoms with E-state index in [0.29, 0.717) is 5.56 Å². The standard InChI is InChI=1S/C17H19FN2/c18-17-6-5-13(9-16(17)10-19)11-20-8-7-14-3-1-2-4-15(14)12-20/h1-6,9H,7-8,10-12,19H2. The maximum Gasteiger partial charge on any atom is 0.127 e. The molecule has 2 aromatic carbocycles. The average Bonchev–Trinajstić information content (AvgIpc) is 2.49. The van der Waals surface area contributed by atoms with E-state index in [4.69, 9.17) is 5.73 Å². The summed E-state index contributed by atoms with van der Waals surface area (Å²) in [6.45, 7) is 3.11. The number of halogens is 1. The maximum atomic E-state index is 13.5. The highest BCUT2D eigenvalue weighted by atomic mass is 19.1. The summed E-state index contributed by atoms with van der Waals surface area (Å²) in [5.74, 6) is -0.208. The zero-order valence-electron chi connectivity index (χ0n) is 11.5. The normalized spacial score (nSPS) is 15.1. The molecule has 1 aliphatic rings. The van der Waals surface area contributed by atoms with E-state index in [1.807, 2.05) is 12.1 Å². The van der Waals surface area contributed by atoms with E-state index >= 15 is 0 Å². The third-order valence-electron chi connectivity index (χ3n) is 3.95. The van der Waals surface area contributed by atoms with Gasteiger partial charge in [-0.15, -0.1) is 0 Å². The van der Waals surface area contributed by atoms with Crippen molar-refractivity contribution in [2.45, 2.75) is 26.1 Å². The Morgan fingerprint density at radius 2 is 1.90 bits per heavy atom. The highest BCUT2D eigenvalue weighted by Crippen LogP contribution is 2.21. The van der Waals surface area contributed by atoms with Crippen LogP contribution in [0.3, 0.4) is 0 Å². The molecule has 3 heteroatoms. The van der Waals surface area contributed by atoms with Crippen LogP contribution in [0.1, 0.15) is 22.3 Å². The minimum absolute atomic E-state index is 0.208. The van der Waals surface area contributed by atoms with Crippen molar-refractivity contribution in [3.8, 4) is 0 Å². The molecular formula is C17H19FN2. The largest absolute Gasteiger partial charge is 0.326 e. The van der Waals surface area contributed by atoms with Gasteiger partial charge in [0.25, 0.3) is 0 Å². The van der Waals surface area contributed by atoms with Crippen molar-refractivity contribution in [1.82, 2.24) is 4.90 Å². The van der Waals surface area contributed by atoms with E-state index in [9.17, 15) is 4.39 Å². The fourth-order valence-electron chi connectivity index (χ4n) is 2.83. The van der Waals surface area contributed by atoms with Crippen molar-refractivity contribution >= 4 is 0 Å². The minimum atomic E-state index is -0.208. The molecule has 0 unspecified atom stereocenters. The Kier molecular flexibility index (Phi) is 3.81. The van der Waals surface area contributed by atoms with Crippen molar-refractivity contribution in [2.75, 3.05) is 6.54 Å². The van der Waals surface area contributed by atoms with Crippen LogP contribution in [0.15, 0.2) is 42.5 Å². The van der Waals surface area contributed by atoms with E-state index < -0.39 is 0 Å². The predicted octanol–water partition coefficient (Wildman–Crippen LogP) is 2.84. The first-order chi connectivity index (χ1) is 9.76. The predicted molar refractivity (Wildman–Crippen MR) is 78.6 cm³/mol. The molecule has 0 atom stereocenters. The molecule has 1 heterocycles. The molecule has 3 rings (SSSR count). The molecule has 1 aliphatic heterocycles. The molecule has 104 valence electrons. The second-order valence-corrected chi connectivity index (χ2v) is 5.36. The van der Waals surface area contributed by atoms with Gasteiger partial charge in [0.15, 0.2) is 0 Å². The van der Waals surface area contributed by atoms with E-state index in [1.54, 1.807) is 0 Å². The van der Waals surface area contributed by atoms with Crippen LogP contribution < -0.4 is 5.73 Å². The van der Waals surface area contributed by atoms with Gasteiger partial charge in [0, 0.05) is 31.7 Å². The van der Waals surface area contributed by atoms with Crippen LogP contribution in [0.4, 0.5) is 4.39 Å². The van der Waals surface area contributed by atoms with E-state index in [-0.39, 0.29) is 12.4 Å². The molecule has 0 saturated heterocycles. The Morgan fingerprint density at radius 3 is 2.70 bits per heavy atom. The third-order valence-corrected chi connectivity index (χ3v) is 3.95. The summed E-state index contributed by atoms with van der Waals surface area (Å²) in [5, 5.41) is 0. The van der Waals surface area contributed by atoms with Gasteiger partial charge in [0.2, 0.25) is 0 Å². The molecule has 20 heavy (non-hydrogen) atoms. The van der Waals surface area contributed by atoms with Crippen LogP contribution in [-0.4, -0.2) is 11.4 Å². The number of benzene rings is 2. The van der Waals surface area contributed by atoms with Crippen molar-refractivity contribution in [1.29, 1.82) is 0 Å². The first-order valence-corrected chi connectivity index (χ1v) is 7.03. The quantitative estimate of drug-likeness (QED) is 0.929. The van der Waals surface area contributed by atoms with Gasteiger partial charge in [-0.3, -0.25) is 4.90 Å². The number of nitrogens with zero attached hydrogens (tertiary/aromatic N) is 1. The summed E-state index contributed by atoms with van der Waals surface area (Å²) in [7, 11) is 0. The van der Waals surface area contributed by atoms with Crippen molar-refractivity contribution in [3.63, 3.8) is 0 Å². The van der Waals surface area contributed by atoms with Crippen LogP contribution in [0.25, 0.3) is 0 Å². The SMILES string of the molecule is NCc1cc(CN2CCc3ccccc3C2)ccc1F. The van der Waals surface area contributed by atoms with Crippen LogP contribution in [-0.2, 0) is 26.1 Å². The molecule has 0 aromatic heterocycles. The van der Waals surface area contributed by atoms with Crippen LogP contribution in [0.5, 0.6) is 0 Å². The first-order valence-electron chi connectivity index (χ1n) is 7.03. The summed E-state index contributed by atoms with van der Waals surface area (Å²) in [4.78, 5) is 2.40. The Morgan fingerprint density at radius 1 is 1.10 bits per heavy atom. The number of fused-ring (bicyclic) bond motifs is 1. The van der Waals surface area contributed by atoms with E-state index in [0.717, 1.165) is 31.6 Å². The number of nitrogens with two attached hydrogens (primary N) is 1. The monoisotopic (exact) mass is 270 g/mol. The van der Waals surface area contributed by atoms with Gasteiger partial charge in [-0.1, -0.05) is 36.4 Å². The van der Waals surface area contributed by atoms with Crippen LogP contribution in [0.2, 0.25) is 0 Å². The highest BCUT2D eigenvalue weighted by molar-refractivity contribution is 5.30. The summed E-state index contributed by atoms with van der Waals surface area (Å²) >= 11 is 0. The summed E-state index contributed by atoms with van der Waals surface area (Å²) in [6, 6.07) is 13.9. The summed E-state index contributed by atoms with van der Waals surface area (Å²) in [5.41, 5.74) is 10.1. The fourth-order valence-corrected chi connectivity index (χ4v) is 2.83. The molecule has 0 bridgehead atoms. The Hall–Kier alpha value is -1.71. The molecule has 0 radical (unpaired) electrons. The lowest BCUT2D eigenvalue weighted by Crippen LogP contribution is -2.30. The smallest absolute Gasteiger partial charge is 0.127 e. The summed E-state index contributed by atoms with van der Waals surface area (Å²) < 4.78 is 13.5. The minimum Gasteiger partial charge on any atom is -0.326 e. The molecule has 2 nitrogen and oxygen atoms in total. The zero-order valence-corrected chi connectivity index (χ0v) is 11.5. The summed E-state index contributed by atoms with van der Waals surface area (Å²) in [6.07, 6.45) is 1.08. The van der Waals surface area contributed by atoms with Gasteiger partial charge >= 0.3 is 0 Å². The number of rotatable bonds is 3. The van der Waals surface area contributed by atoms with E-state index in [1.165, 1.54) is 17.2 Å². The molecule has 2 aromatic rings. The zero-order chi connectivity index (χ0) is 13.9. The van der Waals surface area contributed by atoms with Gasteiger partial charge in [0.1, 0.15) is 5.82 Å². The van der Waals surface area contributed by atoms with Crippen LogP contribution in [0, 0.1) is 5.82 Å². The molecule has 0 amide bonds. The average molecular weight is 270 g/mol. The molecule has 0 spiro atoms. The third kappa shape index (κ3) is 2.74. The molecule has 0 fully saturated rings. The van der Waals surface area contributed by atoms with Crippen molar-refractivity contribution in [2.24, 2.45) is 5.73 Å².